The van der Waals surface area contributed by atoms with Crippen LogP contribution in [0.3, 0.4) is 0 Å². The zero-order chi connectivity index (χ0) is 16.2. The van der Waals surface area contributed by atoms with Crippen molar-refractivity contribution in [2.24, 2.45) is 0 Å². The summed E-state index contributed by atoms with van der Waals surface area (Å²) >= 11 is 5.84. The Morgan fingerprint density at radius 2 is 2.04 bits per heavy atom. The van der Waals surface area contributed by atoms with Gasteiger partial charge < -0.3 is 10.4 Å². The molecule has 0 aliphatic heterocycles. The van der Waals surface area contributed by atoms with Gasteiger partial charge >= 0.3 is 0 Å². The Labute approximate surface area is 138 Å². The zero-order valence-corrected chi connectivity index (χ0v) is 13.3. The predicted molar refractivity (Wildman–Crippen MR) is 84.7 cm³/mol. The summed E-state index contributed by atoms with van der Waals surface area (Å²) in [6.07, 6.45) is 3.08. The number of aliphatic hydroxyl groups excluding tert-OH is 1. The second-order valence-corrected chi connectivity index (χ2v) is 6.11. The van der Waals surface area contributed by atoms with Gasteiger partial charge in [-0.15, -0.1) is 10.2 Å². The van der Waals surface area contributed by atoms with E-state index in [1.807, 2.05) is 0 Å². The highest BCUT2D eigenvalue weighted by molar-refractivity contribution is 6.30. The van der Waals surface area contributed by atoms with Crippen LogP contribution < -0.4 is 5.32 Å². The van der Waals surface area contributed by atoms with Crippen LogP contribution in [0, 0.1) is 0 Å². The maximum atomic E-state index is 12.0. The molecule has 1 aromatic heterocycles. The molecular weight excluding hydrogens is 318 g/mol. The van der Waals surface area contributed by atoms with E-state index in [0.717, 1.165) is 31.2 Å². The van der Waals surface area contributed by atoms with Gasteiger partial charge in [-0.2, -0.15) is 4.80 Å². The Morgan fingerprint density at radius 1 is 1.30 bits per heavy atom. The Morgan fingerprint density at radius 3 is 2.78 bits per heavy atom. The van der Waals surface area contributed by atoms with Gasteiger partial charge in [-0.3, -0.25) is 4.79 Å². The van der Waals surface area contributed by atoms with Gasteiger partial charge in [-0.05, 0) is 42.3 Å². The average molecular weight is 336 g/mol. The number of halogens is 1. The number of rotatable bonds is 4. The molecule has 7 nitrogen and oxygen atoms in total. The lowest BCUT2D eigenvalue weighted by Crippen LogP contribution is -2.46. The minimum atomic E-state index is -0.471. The lowest BCUT2D eigenvalue weighted by atomic mass is 9.92. The first-order valence-corrected chi connectivity index (χ1v) is 8.01. The molecule has 1 saturated carbocycles. The molecule has 2 N–H and O–H groups in total. The smallest absolute Gasteiger partial charge is 0.243 e. The van der Waals surface area contributed by atoms with Gasteiger partial charge in [0.2, 0.25) is 11.7 Å². The normalized spacial score (nSPS) is 21.1. The fraction of sp³-hybridized carbons (Fsp3) is 0.467. The molecule has 0 saturated heterocycles. The molecule has 23 heavy (non-hydrogen) atoms. The van der Waals surface area contributed by atoms with Crippen molar-refractivity contribution in [3.8, 4) is 11.4 Å². The second-order valence-electron chi connectivity index (χ2n) is 5.68. The number of hydrogen-bond donors (Lipinski definition) is 2. The number of aliphatic hydroxyl groups is 1. The SMILES string of the molecule is O=C(Cn1nnc(-c2ccc(Cl)cc2)n1)NC1CCCCC1O. The number of nitrogens with one attached hydrogen (secondary N) is 1. The van der Waals surface area contributed by atoms with Crippen LogP contribution in [0.2, 0.25) is 5.02 Å². The van der Waals surface area contributed by atoms with Gasteiger partial charge in [0, 0.05) is 10.6 Å². The van der Waals surface area contributed by atoms with Crippen LogP contribution in [0.15, 0.2) is 24.3 Å². The number of benzene rings is 1. The molecule has 3 rings (SSSR count). The summed E-state index contributed by atoms with van der Waals surface area (Å²) in [5, 5.41) is 25.4. The third-order valence-corrected chi connectivity index (χ3v) is 4.17. The van der Waals surface area contributed by atoms with Crippen LogP contribution in [0.5, 0.6) is 0 Å². The van der Waals surface area contributed by atoms with Crippen LogP contribution in [0.1, 0.15) is 25.7 Å². The predicted octanol–water partition coefficient (Wildman–Crippen LogP) is 1.41. The van der Waals surface area contributed by atoms with E-state index in [1.54, 1.807) is 24.3 Å². The number of amides is 1. The first-order valence-electron chi connectivity index (χ1n) is 7.63. The molecule has 1 fully saturated rings. The number of hydrogen-bond acceptors (Lipinski definition) is 5. The highest BCUT2D eigenvalue weighted by atomic mass is 35.5. The number of aromatic nitrogens is 4. The number of tetrazole rings is 1. The van der Waals surface area contributed by atoms with Gasteiger partial charge in [0.1, 0.15) is 6.54 Å². The minimum Gasteiger partial charge on any atom is -0.391 e. The van der Waals surface area contributed by atoms with E-state index in [1.165, 1.54) is 4.80 Å². The Bertz CT molecular complexity index is 673. The van der Waals surface area contributed by atoms with Crippen molar-refractivity contribution in [3.05, 3.63) is 29.3 Å². The molecule has 1 heterocycles. The summed E-state index contributed by atoms with van der Waals surface area (Å²) in [5.41, 5.74) is 0.781. The largest absolute Gasteiger partial charge is 0.391 e. The third kappa shape index (κ3) is 4.05. The first-order chi connectivity index (χ1) is 11.1. The van der Waals surface area contributed by atoms with Crippen molar-refractivity contribution in [1.82, 2.24) is 25.5 Å². The molecule has 2 unspecified atom stereocenters. The number of carbonyl (C=O) groups is 1. The zero-order valence-electron chi connectivity index (χ0n) is 12.5. The van der Waals surface area contributed by atoms with Gasteiger partial charge in [0.15, 0.2) is 0 Å². The quantitative estimate of drug-likeness (QED) is 0.881. The molecule has 1 aliphatic carbocycles. The van der Waals surface area contributed by atoms with E-state index in [2.05, 4.69) is 20.7 Å². The van der Waals surface area contributed by atoms with Crippen molar-refractivity contribution in [2.45, 2.75) is 44.4 Å². The maximum absolute atomic E-state index is 12.0. The second kappa shape index (κ2) is 7.06. The van der Waals surface area contributed by atoms with Crippen molar-refractivity contribution >= 4 is 17.5 Å². The number of nitrogens with zero attached hydrogens (tertiary/aromatic N) is 4. The Kier molecular flexibility index (Phi) is 4.88. The van der Waals surface area contributed by atoms with E-state index in [4.69, 9.17) is 11.6 Å². The van der Waals surface area contributed by atoms with E-state index >= 15 is 0 Å². The van der Waals surface area contributed by atoms with Crippen LogP contribution in [0.25, 0.3) is 11.4 Å². The summed E-state index contributed by atoms with van der Waals surface area (Å²) in [6, 6.07) is 6.89. The summed E-state index contributed by atoms with van der Waals surface area (Å²) in [5.74, 6) is 0.211. The molecular formula is C15H18ClN5O2. The van der Waals surface area contributed by atoms with Crippen LogP contribution in [-0.4, -0.2) is 43.4 Å². The lowest BCUT2D eigenvalue weighted by Gasteiger charge is -2.28. The minimum absolute atomic E-state index is 0.0240. The molecule has 1 aliphatic rings. The van der Waals surface area contributed by atoms with Crippen LogP contribution >= 0.6 is 11.6 Å². The molecule has 2 aromatic rings. The summed E-state index contributed by atoms with van der Waals surface area (Å²) < 4.78 is 0. The fourth-order valence-corrected chi connectivity index (χ4v) is 2.81. The van der Waals surface area contributed by atoms with Crippen molar-refractivity contribution < 1.29 is 9.90 Å². The van der Waals surface area contributed by atoms with Crippen molar-refractivity contribution in [3.63, 3.8) is 0 Å². The van der Waals surface area contributed by atoms with Crippen LogP contribution in [0.4, 0.5) is 0 Å². The molecule has 1 aromatic carbocycles. The Balaban J connectivity index is 1.60. The topological polar surface area (TPSA) is 92.9 Å². The van der Waals surface area contributed by atoms with Gasteiger partial charge in [0.25, 0.3) is 0 Å². The van der Waals surface area contributed by atoms with E-state index in [9.17, 15) is 9.90 Å². The number of carbonyl (C=O) groups excluding carboxylic acids is 1. The van der Waals surface area contributed by atoms with Crippen molar-refractivity contribution in [1.29, 1.82) is 0 Å². The van der Waals surface area contributed by atoms with E-state index < -0.39 is 6.10 Å². The molecule has 0 spiro atoms. The van der Waals surface area contributed by atoms with Gasteiger partial charge in [0.05, 0.1) is 12.1 Å². The fourth-order valence-electron chi connectivity index (χ4n) is 2.69. The average Bonchev–Trinajstić information content (AvgIpc) is 2.98. The molecule has 8 heteroatoms. The van der Waals surface area contributed by atoms with Gasteiger partial charge in [-0.1, -0.05) is 24.4 Å². The molecule has 0 bridgehead atoms. The lowest BCUT2D eigenvalue weighted by molar-refractivity contribution is -0.124. The molecule has 0 radical (unpaired) electrons. The van der Waals surface area contributed by atoms with Gasteiger partial charge in [-0.25, -0.2) is 0 Å². The van der Waals surface area contributed by atoms with E-state index in [-0.39, 0.29) is 18.5 Å². The maximum Gasteiger partial charge on any atom is 0.243 e. The standard InChI is InChI=1S/C15H18ClN5O2/c16-11-7-5-10(6-8-11)15-18-20-21(19-15)9-14(23)17-12-3-1-2-4-13(12)22/h5-8,12-13,22H,1-4,9H2,(H,17,23). The highest BCUT2D eigenvalue weighted by Gasteiger charge is 2.24. The summed E-state index contributed by atoms with van der Waals surface area (Å²) in [7, 11) is 0. The van der Waals surface area contributed by atoms with E-state index in [0.29, 0.717) is 10.8 Å². The van der Waals surface area contributed by atoms with Crippen LogP contribution in [-0.2, 0) is 11.3 Å². The summed E-state index contributed by atoms with van der Waals surface area (Å²) in [6.45, 7) is -0.0240. The first kappa shape index (κ1) is 15.9. The molecule has 1 amide bonds. The Hall–Kier alpha value is -1.99. The highest BCUT2D eigenvalue weighted by Crippen LogP contribution is 2.18. The monoisotopic (exact) mass is 335 g/mol. The molecule has 2 atom stereocenters. The summed E-state index contributed by atoms with van der Waals surface area (Å²) in [4.78, 5) is 13.3. The molecule has 122 valence electrons. The third-order valence-electron chi connectivity index (χ3n) is 3.92. The van der Waals surface area contributed by atoms with Crippen molar-refractivity contribution in [2.75, 3.05) is 0 Å².